The molecule has 7 aromatic rings. The Bertz CT molecular complexity index is 2220. The number of anilines is 3. The molecule has 0 radical (unpaired) electrons. The molecule has 7 aromatic carbocycles. The lowest BCUT2D eigenvalue weighted by molar-refractivity contribution is 0.659. The Morgan fingerprint density at radius 3 is 1.96 bits per heavy atom. The van der Waals surface area contributed by atoms with Crippen molar-refractivity contribution in [3.05, 3.63) is 186 Å². The van der Waals surface area contributed by atoms with Gasteiger partial charge in [-0.2, -0.15) is 0 Å². The first kappa shape index (κ1) is 27.0. The summed E-state index contributed by atoms with van der Waals surface area (Å²) in [7, 11) is 0. The molecule has 1 heteroatoms. The van der Waals surface area contributed by atoms with E-state index in [-0.39, 0.29) is 11.3 Å². The normalized spacial score (nSPS) is 15.5. The molecule has 0 saturated carbocycles. The van der Waals surface area contributed by atoms with Crippen LogP contribution < -0.4 is 4.90 Å². The van der Waals surface area contributed by atoms with E-state index in [9.17, 15) is 0 Å². The molecule has 9 rings (SSSR count). The van der Waals surface area contributed by atoms with Crippen LogP contribution in [0.3, 0.4) is 0 Å². The van der Waals surface area contributed by atoms with Crippen LogP contribution in [0.25, 0.3) is 33.0 Å². The summed E-state index contributed by atoms with van der Waals surface area (Å²) in [6.45, 7) is 4.80. The first-order valence-electron chi connectivity index (χ1n) is 16.4. The van der Waals surface area contributed by atoms with E-state index < -0.39 is 0 Å². The highest BCUT2D eigenvalue weighted by atomic mass is 15.1. The van der Waals surface area contributed by atoms with E-state index in [0.29, 0.717) is 0 Å². The van der Waals surface area contributed by atoms with Gasteiger partial charge in [0.1, 0.15) is 0 Å². The molecule has 220 valence electrons. The van der Waals surface area contributed by atoms with Gasteiger partial charge in [0.05, 0.1) is 0 Å². The smallest absolute Gasteiger partial charge is 0.0465 e. The van der Waals surface area contributed by atoms with Crippen LogP contribution in [0.4, 0.5) is 17.1 Å². The van der Waals surface area contributed by atoms with Crippen LogP contribution in [0, 0.1) is 0 Å². The minimum atomic E-state index is -0.130. The van der Waals surface area contributed by atoms with Gasteiger partial charge < -0.3 is 4.90 Å². The summed E-state index contributed by atoms with van der Waals surface area (Å²) in [5, 5.41) is 2.65. The van der Waals surface area contributed by atoms with Gasteiger partial charge >= 0.3 is 0 Å². The Morgan fingerprint density at radius 2 is 1.17 bits per heavy atom. The Morgan fingerprint density at radius 1 is 0.500 bits per heavy atom. The first-order valence-corrected chi connectivity index (χ1v) is 16.4. The van der Waals surface area contributed by atoms with Crippen molar-refractivity contribution in [3.63, 3.8) is 0 Å². The molecule has 1 unspecified atom stereocenters. The Labute approximate surface area is 271 Å². The van der Waals surface area contributed by atoms with Gasteiger partial charge in [0, 0.05) is 28.4 Å². The minimum absolute atomic E-state index is 0.130. The Hall–Kier alpha value is -5.40. The molecule has 0 heterocycles. The quantitative estimate of drug-likeness (QED) is 0.197. The average Bonchev–Trinajstić information content (AvgIpc) is 3.34. The van der Waals surface area contributed by atoms with Crippen molar-refractivity contribution in [2.24, 2.45) is 0 Å². The number of hydrogen-bond donors (Lipinski definition) is 0. The fourth-order valence-corrected chi connectivity index (χ4v) is 8.26. The SMILES string of the molecule is CC1(C)c2cc(N(c3ccccc3)c3ccccc3)ccc2-c2c(C3Cc4ccccc4-c4c3ccc3ccccc43)cccc21. The van der Waals surface area contributed by atoms with Gasteiger partial charge in [-0.1, -0.05) is 135 Å². The molecule has 0 saturated heterocycles. The predicted octanol–water partition coefficient (Wildman–Crippen LogP) is 12.0. The minimum Gasteiger partial charge on any atom is -0.310 e. The lowest BCUT2D eigenvalue weighted by Gasteiger charge is -2.31. The molecule has 0 bridgehead atoms. The van der Waals surface area contributed by atoms with Crippen LogP contribution in [-0.2, 0) is 11.8 Å². The van der Waals surface area contributed by atoms with Crippen LogP contribution in [0.1, 0.15) is 47.6 Å². The second-order valence-corrected chi connectivity index (χ2v) is 13.3. The third-order valence-corrected chi connectivity index (χ3v) is 10.4. The van der Waals surface area contributed by atoms with Gasteiger partial charge in [0.15, 0.2) is 0 Å². The Kier molecular flexibility index (Phi) is 6.05. The maximum atomic E-state index is 2.44. The number of benzene rings is 7. The molecular formula is C45H35N. The van der Waals surface area contributed by atoms with Gasteiger partial charge in [-0.15, -0.1) is 0 Å². The van der Waals surface area contributed by atoms with Crippen LogP contribution in [0.15, 0.2) is 158 Å². The van der Waals surface area contributed by atoms with E-state index in [0.717, 1.165) is 17.8 Å². The first-order chi connectivity index (χ1) is 22.6. The van der Waals surface area contributed by atoms with Crippen molar-refractivity contribution in [2.75, 3.05) is 4.90 Å². The molecule has 0 aromatic heterocycles. The van der Waals surface area contributed by atoms with Crippen molar-refractivity contribution >= 4 is 27.8 Å². The van der Waals surface area contributed by atoms with Crippen LogP contribution in [-0.4, -0.2) is 0 Å². The molecule has 0 spiro atoms. The second-order valence-electron chi connectivity index (χ2n) is 13.3. The highest BCUT2D eigenvalue weighted by molar-refractivity contribution is 6.00. The van der Waals surface area contributed by atoms with Crippen LogP contribution >= 0.6 is 0 Å². The fourth-order valence-electron chi connectivity index (χ4n) is 8.26. The maximum Gasteiger partial charge on any atom is 0.0465 e. The number of hydrogen-bond acceptors (Lipinski definition) is 1. The number of nitrogens with zero attached hydrogens (tertiary/aromatic N) is 1. The maximum absolute atomic E-state index is 2.44. The molecule has 0 N–H and O–H groups in total. The lowest BCUT2D eigenvalue weighted by atomic mass is 9.72. The van der Waals surface area contributed by atoms with Crippen molar-refractivity contribution in [1.82, 2.24) is 0 Å². The van der Waals surface area contributed by atoms with E-state index >= 15 is 0 Å². The summed E-state index contributed by atoms with van der Waals surface area (Å²) >= 11 is 0. The average molecular weight is 590 g/mol. The number of para-hydroxylation sites is 2. The van der Waals surface area contributed by atoms with Crippen molar-refractivity contribution in [1.29, 1.82) is 0 Å². The molecule has 2 aliphatic rings. The topological polar surface area (TPSA) is 3.24 Å². The number of rotatable bonds is 4. The highest BCUT2D eigenvalue weighted by Crippen LogP contribution is 2.55. The highest BCUT2D eigenvalue weighted by Gasteiger charge is 2.39. The summed E-state index contributed by atoms with van der Waals surface area (Å²) < 4.78 is 0. The number of fused-ring (bicyclic) bond motifs is 8. The summed E-state index contributed by atoms with van der Waals surface area (Å²) in [5.74, 6) is 0.274. The van der Waals surface area contributed by atoms with E-state index in [1.54, 1.807) is 0 Å². The molecule has 0 fully saturated rings. The molecule has 1 atom stereocenters. The summed E-state index contributed by atoms with van der Waals surface area (Å²) in [5.41, 5.74) is 16.0. The van der Waals surface area contributed by atoms with Crippen LogP contribution in [0.5, 0.6) is 0 Å². The third kappa shape index (κ3) is 4.01. The monoisotopic (exact) mass is 589 g/mol. The zero-order chi connectivity index (χ0) is 30.8. The van der Waals surface area contributed by atoms with Gasteiger partial charge in [0.2, 0.25) is 0 Å². The van der Waals surface area contributed by atoms with Crippen LogP contribution in [0.2, 0.25) is 0 Å². The third-order valence-electron chi connectivity index (χ3n) is 10.4. The standard InChI is InChI=1S/C45H35N/c1-45(2)41-23-13-22-37(40-28-31-15-10-12-21-36(31)43-35-20-11-9-14-30(35)24-26-38(40)43)44(41)39-27-25-34(29-42(39)45)46(32-16-5-3-6-17-32)33-18-7-4-8-19-33/h3-27,29,40H,28H2,1-2H3. The molecule has 46 heavy (non-hydrogen) atoms. The van der Waals surface area contributed by atoms with Gasteiger partial charge in [-0.25, -0.2) is 0 Å². The second kappa shape index (κ2) is 10.3. The summed E-state index contributed by atoms with van der Waals surface area (Å²) in [6.07, 6.45) is 1.00. The van der Waals surface area contributed by atoms with Gasteiger partial charge in [-0.05, 0) is 104 Å². The van der Waals surface area contributed by atoms with Crippen molar-refractivity contribution < 1.29 is 0 Å². The van der Waals surface area contributed by atoms with E-state index in [4.69, 9.17) is 0 Å². The molecule has 0 amide bonds. The fraction of sp³-hybridized carbons (Fsp3) is 0.111. The zero-order valence-electron chi connectivity index (χ0n) is 26.2. The van der Waals surface area contributed by atoms with E-state index in [1.165, 1.54) is 66.5 Å². The Balaban J connectivity index is 1.24. The zero-order valence-corrected chi connectivity index (χ0v) is 26.2. The molecule has 0 aliphatic heterocycles. The predicted molar refractivity (Wildman–Crippen MR) is 194 cm³/mol. The van der Waals surface area contributed by atoms with Crippen molar-refractivity contribution in [3.8, 4) is 22.3 Å². The van der Waals surface area contributed by atoms with Crippen molar-refractivity contribution in [2.45, 2.75) is 31.6 Å². The summed E-state index contributed by atoms with van der Waals surface area (Å²) in [4.78, 5) is 2.37. The van der Waals surface area contributed by atoms with Gasteiger partial charge in [-0.3, -0.25) is 0 Å². The largest absolute Gasteiger partial charge is 0.310 e. The molecule has 2 aliphatic carbocycles. The molecule has 1 nitrogen and oxygen atoms in total. The molecular weight excluding hydrogens is 555 g/mol. The lowest BCUT2D eigenvalue weighted by Crippen LogP contribution is -2.17. The summed E-state index contributed by atoms with van der Waals surface area (Å²) in [6, 6.07) is 58.3. The van der Waals surface area contributed by atoms with E-state index in [1.807, 2.05) is 0 Å². The van der Waals surface area contributed by atoms with Gasteiger partial charge in [0.25, 0.3) is 0 Å². The van der Waals surface area contributed by atoms with E-state index in [2.05, 4.69) is 176 Å².